The van der Waals surface area contributed by atoms with Crippen LogP contribution in [0.5, 0.6) is 0 Å². The molecule has 5 rings (SSSR count). The number of carbonyl (C=O) groups excluding carboxylic acids is 2. The number of para-hydroxylation sites is 1. The summed E-state index contributed by atoms with van der Waals surface area (Å²) in [6.07, 6.45) is -4.59. The molecule has 168 valence electrons. The van der Waals surface area contributed by atoms with E-state index in [0.29, 0.717) is 22.4 Å². The number of rotatable bonds is 1. The van der Waals surface area contributed by atoms with Crippen molar-refractivity contribution in [2.24, 2.45) is 0 Å². The smallest absolute Gasteiger partial charge is 0.304 e. The van der Waals surface area contributed by atoms with Crippen molar-refractivity contribution in [1.29, 1.82) is 0 Å². The maximum absolute atomic E-state index is 14.3. The Kier molecular flexibility index (Phi) is 4.31. The van der Waals surface area contributed by atoms with Crippen molar-refractivity contribution in [2.45, 2.75) is 38.0 Å². The molecular formula is C26H21F3N2O2. The Hall–Kier alpha value is -3.61. The van der Waals surface area contributed by atoms with E-state index in [4.69, 9.17) is 0 Å². The lowest BCUT2D eigenvalue weighted by Gasteiger charge is -2.38. The van der Waals surface area contributed by atoms with Gasteiger partial charge in [-0.05, 0) is 51.1 Å². The lowest BCUT2D eigenvalue weighted by molar-refractivity contribution is -0.137. The van der Waals surface area contributed by atoms with Gasteiger partial charge in [-0.15, -0.1) is 0 Å². The van der Waals surface area contributed by atoms with E-state index in [1.54, 1.807) is 47.4 Å². The van der Waals surface area contributed by atoms with Gasteiger partial charge in [0, 0.05) is 27.9 Å². The summed E-state index contributed by atoms with van der Waals surface area (Å²) in [5, 5.41) is 0. The third kappa shape index (κ3) is 2.78. The molecule has 1 spiro atoms. The SMILES string of the molecule is CC(C)(C)N1C(=O)C2(c3ccccc3C(=O)N2c2cccc(C(F)(F)F)c2)c2ccccc21. The van der Waals surface area contributed by atoms with Gasteiger partial charge in [-0.1, -0.05) is 42.5 Å². The van der Waals surface area contributed by atoms with Crippen LogP contribution in [0.1, 0.15) is 47.8 Å². The maximum Gasteiger partial charge on any atom is 0.416 e. The zero-order valence-corrected chi connectivity index (χ0v) is 18.3. The molecule has 3 aromatic carbocycles. The minimum Gasteiger partial charge on any atom is -0.304 e. The molecule has 0 N–H and O–H groups in total. The minimum atomic E-state index is -4.59. The molecule has 2 amide bonds. The highest BCUT2D eigenvalue weighted by Gasteiger charge is 2.64. The van der Waals surface area contributed by atoms with Crippen LogP contribution in [0.3, 0.4) is 0 Å². The first-order chi connectivity index (χ1) is 15.5. The van der Waals surface area contributed by atoms with Gasteiger partial charge in [-0.3, -0.25) is 14.5 Å². The lowest BCUT2D eigenvalue weighted by atomic mass is 9.83. The zero-order valence-electron chi connectivity index (χ0n) is 18.3. The summed E-state index contributed by atoms with van der Waals surface area (Å²) in [5.74, 6) is -0.879. The highest BCUT2D eigenvalue weighted by molar-refractivity contribution is 6.25. The van der Waals surface area contributed by atoms with Crippen LogP contribution < -0.4 is 9.80 Å². The van der Waals surface area contributed by atoms with Crippen molar-refractivity contribution in [3.63, 3.8) is 0 Å². The Morgan fingerprint density at radius 2 is 1.42 bits per heavy atom. The number of hydrogen-bond acceptors (Lipinski definition) is 2. The molecule has 2 heterocycles. The third-order valence-electron chi connectivity index (χ3n) is 6.24. The number of carbonyl (C=O) groups is 2. The predicted molar refractivity (Wildman–Crippen MR) is 119 cm³/mol. The Morgan fingerprint density at radius 3 is 2.09 bits per heavy atom. The Labute approximate surface area is 189 Å². The van der Waals surface area contributed by atoms with Gasteiger partial charge in [0.2, 0.25) is 0 Å². The molecule has 33 heavy (non-hydrogen) atoms. The van der Waals surface area contributed by atoms with Crippen LogP contribution in [0.25, 0.3) is 0 Å². The first-order valence-electron chi connectivity index (χ1n) is 10.5. The van der Waals surface area contributed by atoms with Crippen molar-refractivity contribution in [3.05, 3.63) is 95.1 Å². The second-order valence-corrected chi connectivity index (χ2v) is 9.27. The highest BCUT2D eigenvalue weighted by Crippen LogP contribution is 2.56. The van der Waals surface area contributed by atoms with Crippen LogP contribution in [-0.2, 0) is 16.5 Å². The summed E-state index contributed by atoms with van der Waals surface area (Å²) in [7, 11) is 0. The minimum absolute atomic E-state index is 0.0185. The van der Waals surface area contributed by atoms with E-state index in [-0.39, 0.29) is 11.6 Å². The van der Waals surface area contributed by atoms with Gasteiger partial charge >= 0.3 is 6.18 Å². The summed E-state index contributed by atoms with van der Waals surface area (Å²) in [6.45, 7) is 5.66. The monoisotopic (exact) mass is 450 g/mol. The highest BCUT2D eigenvalue weighted by atomic mass is 19.4. The van der Waals surface area contributed by atoms with Crippen molar-refractivity contribution in [3.8, 4) is 0 Å². The van der Waals surface area contributed by atoms with E-state index in [1.807, 2.05) is 26.8 Å². The second kappa shape index (κ2) is 6.70. The molecule has 3 aromatic rings. The van der Waals surface area contributed by atoms with Gasteiger partial charge in [0.15, 0.2) is 5.54 Å². The average Bonchev–Trinajstić information content (AvgIpc) is 3.18. The molecule has 0 aromatic heterocycles. The largest absolute Gasteiger partial charge is 0.416 e. The first kappa shape index (κ1) is 21.2. The number of halogens is 3. The fraction of sp³-hybridized carbons (Fsp3) is 0.231. The summed E-state index contributed by atoms with van der Waals surface area (Å²) >= 11 is 0. The Balaban J connectivity index is 1.86. The third-order valence-corrected chi connectivity index (χ3v) is 6.24. The Morgan fingerprint density at radius 1 is 0.788 bits per heavy atom. The zero-order chi connectivity index (χ0) is 23.8. The Bertz CT molecular complexity index is 1310. The number of hydrogen-bond donors (Lipinski definition) is 0. The molecule has 0 saturated carbocycles. The number of benzene rings is 3. The van der Waals surface area contributed by atoms with Crippen molar-refractivity contribution >= 4 is 23.2 Å². The van der Waals surface area contributed by atoms with Crippen molar-refractivity contribution in [2.75, 3.05) is 9.80 Å². The fourth-order valence-corrected chi connectivity index (χ4v) is 5.01. The van der Waals surface area contributed by atoms with E-state index in [0.717, 1.165) is 12.1 Å². The summed E-state index contributed by atoms with van der Waals surface area (Å²) in [5.41, 5.74) is -1.11. The molecule has 0 radical (unpaired) electrons. The van der Waals surface area contributed by atoms with Crippen LogP contribution in [0.2, 0.25) is 0 Å². The van der Waals surface area contributed by atoms with Gasteiger partial charge in [0.05, 0.1) is 11.3 Å². The fourth-order valence-electron chi connectivity index (χ4n) is 5.01. The predicted octanol–water partition coefficient (Wildman–Crippen LogP) is 5.75. The molecule has 0 fully saturated rings. The van der Waals surface area contributed by atoms with Gasteiger partial charge in [-0.2, -0.15) is 13.2 Å². The normalized spacial score (nSPS) is 19.9. The van der Waals surface area contributed by atoms with Gasteiger partial charge < -0.3 is 4.90 Å². The number of alkyl halides is 3. The second-order valence-electron chi connectivity index (χ2n) is 9.27. The number of fused-ring (bicyclic) bond motifs is 4. The molecule has 2 aliphatic rings. The molecule has 1 unspecified atom stereocenters. The van der Waals surface area contributed by atoms with Crippen LogP contribution in [-0.4, -0.2) is 17.4 Å². The van der Waals surface area contributed by atoms with E-state index >= 15 is 0 Å². The topological polar surface area (TPSA) is 40.6 Å². The quantitative estimate of drug-likeness (QED) is 0.473. The molecule has 0 saturated heterocycles. The van der Waals surface area contributed by atoms with Crippen LogP contribution in [0.15, 0.2) is 72.8 Å². The van der Waals surface area contributed by atoms with Crippen molar-refractivity contribution in [1.82, 2.24) is 0 Å². The van der Waals surface area contributed by atoms with E-state index in [1.165, 1.54) is 17.0 Å². The van der Waals surface area contributed by atoms with E-state index in [9.17, 15) is 22.8 Å². The van der Waals surface area contributed by atoms with E-state index in [2.05, 4.69) is 0 Å². The maximum atomic E-state index is 14.3. The molecule has 7 heteroatoms. The van der Waals surface area contributed by atoms with Crippen LogP contribution >= 0.6 is 0 Å². The lowest BCUT2D eigenvalue weighted by Crippen LogP contribution is -2.56. The first-order valence-corrected chi connectivity index (χ1v) is 10.5. The molecule has 2 aliphatic heterocycles. The number of amides is 2. The molecule has 1 atom stereocenters. The van der Waals surface area contributed by atoms with Gasteiger partial charge in [0.1, 0.15) is 0 Å². The van der Waals surface area contributed by atoms with Crippen molar-refractivity contribution < 1.29 is 22.8 Å². The standard InChI is InChI=1S/C26H21F3N2O2/c1-24(2,3)31-21-14-7-6-13-20(21)25(23(31)33)19-12-5-4-11-18(19)22(32)30(25)17-10-8-9-16(15-17)26(27,28)29/h4-15H,1-3H3. The molecule has 4 nitrogen and oxygen atoms in total. The number of nitrogens with zero attached hydrogens (tertiary/aromatic N) is 2. The summed E-state index contributed by atoms with van der Waals surface area (Å²) < 4.78 is 40.6. The average molecular weight is 450 g/mol. The summed E-state index contributed by atoms with van der Waals surface area (Å²) in [6, 6.07) is 18.5. The summed E-state index contributed by atoms with van der Waals surface area (Å²) in [4.78, 5) is 30.9. The molecule has 0 bridgehead atoms. The van der Waals surface area contributed by atoms with Crippen LogP contribution in [0.4, 0.5) is 24.5 Å². The van der Waals surface area contributed by atoms with E-state index < -0.39 is 28.7 Å². The van der Waals surface area contributed by atoms with Gasteiger partial charge in [0.25, 0.3) is 11.8 Å². The van der Waals surface area contributed by atoms with Crippen LogP contribution in [0, 0.1) is 0 Å². The molecular weight excluding hydrogens is 429 g/mol. The number of anilines is 2. The van der Waals surface area contributed by atoms with Gasteiger partial charge in [-0.25, -0.2) is 0 Å². The molecule has 0 aliphatic carbocycles.